The Morgan fingerprint density at radius 2 is 1.77 bits per heavy atom. The zero-order chi connectivity index (χ0) is 21.3. The van der Waals surface area contributed by atoms with E-state index in [2.05, 4.69) is 40.6 Å². The van der Waals surface area contributed by atoms with E-state index in [4.69, 9.17) is 9.73 Å². The lowest BCUT2D eigenvalue weighted by atomic mass is 10.1. The van der Waals surface area contributed by atoms with Crippen molar-refractivity contribution in [1.82, 2.24) is 20.0 Å². The fourth-order valence-electron chi connectivity index (χ4n) is 3.80. The Morgan fingerprint density at radius 1 is 1.06 bits per heavy atom. The number of hydrogen-bond acceptors (Lipinski definition) is 3. The normalized spacial score (nSPS) is 15.1. The topological polar surface area (TPSA) is 54.7 Å². The zero-order valence-electron chi connectivity index (χ0n) is 18.2. The third kappa shape index (κ3) is 5.87. The van der Waals surface area contributed by atoms with Crippen molar-refractivity contribution in [3.63, 3.8) is 0 Å². The second-order valence-corrected chi connectivity index (χ2v) is 7.73. The Kier molecular flexibility index (Phi) is 7.21. The monoisotopic (exact) mass is 417 g/mol. The van der Waals surface area contributed by atoms with Gasteiger partial charge in [0.1, 0.15) is 11.9 Å². The molecule has 1 fully saturated rings. The minimum atomic E-state index is 0.269. The predicted molar refractivity (Wildman–Crippen MR) is 125 cm³/mol. The lowest BCUT2D eigenvalue weighted by Gasteiger charge is -2.34. The molecule has 2 aromatic carbocycles. The molecule has 1 aromatic heterocycles. The molecular weight excluding hydrogens is 386 g/mol. The molecule has 31 heavy (non-hydrogen) atoms. The van der Waals surface area contributed by atoms with Gasteiger partial charge < -0.3 is 15.0 Å². The molecule has 0 atom stereocenters. The average Bonchev–Trinajstić information content (AvgIpc) is 3.29. The van der Waals surface area contributed by atoms with Crippen molar-refractivity contribution in [1.29, 1.82) is 0 Å². The van der Waals surface area contributed by atoms with E-state index in [0.29, 0.717) is 0 Å². The van der Waals surface area contributed by atoms with E-state index < -0.39 is 0 Å². The summed E-state index contributed by atoms with van der Waals surface area (Å²) in [6, 6.07) is 20.3. The lowest BCUT2D eigenvalue weighted by Crippen LogP contribution is -2.47. The van der Waals surface area contributed by atoms with Crippen molar-refractivity contribution in [3.8, 4) is 11.4 Å². The van der Waals surface area contributed by atoms with E-state index in [-0.39, 0.29) is 6.10 Å². The van der Waals surface area contributed by atoms with Crippen LogP contribution in [0.2, 0.25) is 0 Å². The van der Waals surface area contributed by atoms with Gasteiger partial charge in [0.25, 0.3) is 0 Å². The fraction of sp³-hybridized carbons (Fsp3) is 0.360. The first-order valence-electron chi connectivity index (χ1n) is 11.2. The number of benzene rings is 2. The van der Waals surface area contributed by atoms with Crippen LogP contribution in [-0.2, 0) is 6.42 Å². The van der Waals surface area contributed by atoms with Crippen molar-refractivity contribution >= 4 is 5.96 Å². The van der Waals surface area contributed by atoms with Gasteiger partial charge in [-0.25, -0.2) is 4.68 Å². The Balaban J connectivity index is 1.29. The van der Waals surface area contributed by atoms with Gasteiger partial charge in [-0.3, -0.25) is 4.99 Å². The Hall–Kier alpha value is -3.28. The molecule has 1 aliphatic heterocycles. The lowest BCUT2D eigenvalue weighted by molar-refractivity contribution is 0.129. The number of ether oxygens (including phenoxy) is 1. The average molecular weight is 418 g/mol. The summed E-state index contributed by atoms with van der Waals surface area (Å²) in [5, 5.41) is 7.93. The fourth-order valence-corrected chi connectivity index (χ4v) is 3.80. The van der Waals surface area contributed by atoms with Gasteiger partial charge in [0, 0.05) is 45.2 Å². The molecule has 162 valence electrons. The zero-order valence-corrected chi connectivity index (χ0v) is 18.2. The third-order valence-corrected chi connectivity index (χ3v) is 5.44. The molecule has 0 radical (unpaired) electrons. The molecule has 0 spiro atoms. The van der Waals surface area contributed by atoms with Crippen LogP contribution in [-0.4, -0.2) is 52.9 Å². The summed E-state index contributed by atoms with van der Waals surface area (Å²) in [4.78, 5) is 7.23. The summed E-state index contributed by atoms with van der Waals surface area (Å²) >= 11 is 0. The molecule has 0 aliphatic carbocycles. The van der Waals surface area contributed by atoms with Crippen molar-refractivity contribution in [2.75, 3.05) is 26.2 Å². The maximum absolute atomic E-state index is 6.12. The second kappa shape index (κ2) is 10.7. The number of nitrogens with one attached hydrogen (secondary N) is 1. The van der Waals surface area contributed by atoms with Crippen LogP contribution in [0.1, 0.15) is 25.3 Å². The molecule has 2 heterocycles. The minimum Gasteiger partial charge on any atom is -0.490 e. The van der Waals surface area contributed by atoms with Crippen LogP contribution >= 0.6 is 0 Å². The van der Waals surface area contributed by atoms with Crippen LogP contribution in [0.5, 0.6) is 5.75 Å². The summed E-state index contributed by atoms with van der Waals surface area (Å²) in [6.45, 7) is 5.63. The summed E-state index contributed by atoms with van der Waals surface area (Å²) in [7, 11) is 0. The predicted octanol–water partition coefficient (Wildman–Crippen LogP) is 3.92. The highest BCUT2D eigenvalue weighted by Crippen LogP contribution is 2.18. The smallest absolute Gasteiger partial charge is 0.193 e. The van der Waals surface area contributed by atoms with Crippen molar-refractivity contribution < 1.29 is 4.74 Å². The Bertz CT molecular complexity index is 946. The molecule has 3 aromatic rings. The highest BCUT2D eigenvalue weighted by molar-refractivity contribution is 5.80. The van der Waals surface area contributed by atoms with E-state index in [1.54, 1.807) is 0 Å². The number of aromatic nitrogens is 2. The van der Waals surface area contributed by atoms with Gasteiger partial charge in [-0.1, -0.05) is 36.4 Å². The van der Waals surface area contributed by atoms with E-state index in [1.807, 2.05) is 59.4 Å². The molecule has 0 amide bonds. The molecule has 4 rings (SSSR count). The van der Waals surface area contributed by atoms with Crippen LogP contribution in [0, 0.1) is 0 Å². The van der Waals surface area contributed by atoms with Crippen LogP contribution in [0.25, 0.3) is 5.69 Å². The molecule has 0 unspecified atom stereocenters. The summed E-state index contributed by atoms with van der Waals surface area (Å²) in [5.74, 6) is 1.95. The number of nitrogens with zero attached hydrogens (tertiary/aromatic N) is 4. The molecule has 1 aliphatic rings. The highest BCUT2D eigenvalue weighted by Gasteiger charge is 2.22. The number of para-hydroxylation sites is 2. The van der Waals surface area contributed by atoms with Gasteiger partial charge in [0.05, 0.1) is 11.9 Å². The van der Waals surface area contributed by atoms with Gasteiger partial charge in [0.2, 0.25) is 0 Å². The molecule has 1 N–H and O–H groups in total. The van der Waals surface area contributed by atoms with E-state index in [0.717, 1.165) is 62.8 Å². The molecule has 1 saturated heterocycles. The maximum Gasteiger partial charge on any atom is 0.193 e. The first kappa shape index (κ1) is 21.0. The third-order valence-electron chi connectivity index (χ3n) is 5.44. The summed E-state index contributed by atoms with van der Waals surface area (Å²) < 4.78 is 8.04. The highest BCUT2D eigenvalue weighted by atomic mass is 16.5. The second-order valence-electron chi connectivity index (χ2n) is 7.73. The van der Waals surface area contributed by atoms with E-state index in [1.165, 1.54) is 5.56 Å². The van der Waals surface area contributed by atoms with Crippen LogP contribution < -0.4 is 10.1 Å². The molecule has 6 nitrogen and oxygen atoms in total. The number of guanidine groups is 1. The quantitative estimate of drug-likeness (QED) is 0.468. The molecule has 0 bridgehead atoms. The standard InChI is InChI=1S/C25H31N5O/c1-2-26-25(29-17-14-24(15-18-29)31-23-11-7-4-8-12-23)27-16-13-21-19-28-30(20-21)22-9-5-3-6-10-22/h3-12,19-20,24H,2,13-18H2,1H3,(H,26,27). The van der Waals surface area contributed by atoms with Gasteiger partial charge >= 0.3 is 0 Å². The Labute approximate surface area is 184 Å². The number of piperidine rings is 1. The molecule has 0 saturated carbocycles. The van der Waals surface area contributed by atoms with Crippen molar-refractivity contribution in [3.05, 3.63) is 78.6 Å². The summed E-state index contributed by atoms with van der Waals surface area (Å²) in [6.07, 6.45) is 7.17. The number of likely N-dealkylation sites (tertiary alicyclic amines) is 1. The number of aliphatic imine (C=N–C) groups is 1. The summed E-state index contributed by atoms with van der Waals surface area (Å²) in [5.41, 5.74) is 2.27. The first-order valence-corrected chi connectivity index (χ1v) is 11.2. The van der Waals surface area contributed by atoms with E-state index in [9.17, 15) is 0 Å². The van der Waals surface area contributed by atoms with E-state index >= 15 is 0 Å². The van der Waals surface area contributed by atoms with Gasteiger partial charge in [-0.15, -0.1) is 0 Å². The maximum atomic E-state index is 6.12. The van der Waals surface area contributed by atoms with Crippen LogP contribution in [0.3, 0.4) is 0 Å². The number of hydrogen-bond donors (Lipinski definition) is 1. The molecular formula is C25H31N5O. The minimum absolute atomic E-state index is 0.269. The van der Waals surface area contributed by atoms with Crippen molar-refractivity contribution in [2.24, 2.45) is 4.99 Å². The van der Waals surface area contributed by atoms with Gasteiger partial charge in [-0.05, 0) is 43.2 Å². The van der Waals surface area contributed by atoms with Crippen molar-refractivity contribution in [2.45, 2.75) is 32.3 Å². The molecule has 6 heteroatoms. The SMILES string of the molecule is CCNC(=NCCc1cnn(-c2ccccc2)c1)N1CCC(Oc2ccccc2)CC1. The Morgan fingerprint density at radius 3 is 2.48 bits per heavy atom. The number of rotatable bonds is 7. The first-order chi connectivity index (χ1) is 15.3. The van der Waals surface area contributed by atoms with Crippen LogP contribution in [0.15, 0.2) is 78.0 Å². The van der Waals surface area contributed by atoms with Gasteiger partial charge in [-0.2, -0.15) is 5.10 Å². The van der Waals surface area contributed by atoms with Gasteiger partial charge in [0.15, 0.2) is 5.96 Å². The largest absolute Gasteiger partial charge is 0.490 e. The van der Waals surface area contributed by atoms with Crippen LogP contribution in [0.4, 0.5) is 0 Å².